The van der Waals surface area contributed by atoms with E-state index in [0.717, 1.165) is 35.2 Å². The quantitative estimate of drug-likeness (QED) is 0.941. The van der Waals surface area contributed by atoms with Gasteiger partial charge in [0.2, 0.25) is 0 Å². The molecule has 1 atom stereocenters. The maximum absolute atomic E-state index is 6.13. The van der Waals surface area contributed by atoms with Gasteiger partial charge in [-0.05, 0) is 36.5 Å². The summed E-state index contributed by atoms with van der Waals surface area (Å²) >= 11 is 0. The van der Waals surface area contributed by atoms with Crippen LogP contribution in [0.2, 0.25) is 0 Å². The van der Waals surface area contributed by atoms with E-state index in [2.05, 4.69) is 40.2 Å². The highest BCUT2D eigenvalue weighted by molar-refractivity contribution is 5.63. The molecule has 1 aliphatic carbocycles. The molecule has 1 saturated carbocycles. The fourth-order valence-corrected chi connectivity index (χ4v) is 3.00. The Morgan fingerprint density at radius 2 is 2.05 bits per heavy atom. The van der Waals surface area contributed by atoms with Gasteiger partial charge in [0.1, 0.15) is 11.6 Å². The number of aromatic nitrogens is 1. The van der Waals surface area contributed by atoms with Gasteiger partial charge in [-0.25, -0.2) is 4.98 Å². The van der Waals surface area contributed by atoms with Gasteiger partial charge in [0.15, 0.2) is 0 Å². The van der Waals surface area contributed by atoms with Crippen LogP contribution in [0, 0.1) is 0 Å². The van der Waals surface area contributed by atoms with E-state index >= 15 is 0 Å². The second-order valence-electron chi connectivity index (χ2n) is 6.25. The Labute approximate surface area is 130 Å². The summed E-state index contributed by atoms with van der Waals surface area (Å²) in [4.78, 5) is 6.69. The van der Waals surface area contributed by atoms with Gasteiger partial charge in [-0.15, -0.1) is 0 Å². The van der Waals surface area contributed by atoms with Crippen molar-refractivity contribution in [3.8, 4) is 5.75 Å². The zero-order chi connectivity index (χ0) is 15.1. The molecule has 1 aromatic heterocycles. The number of hydrogen-bond donors (Lipinski definition) is 1. The standard InChI is InChI=1S/C18H21N3O/c1-21(18-7-4-13(11-20-18)12-2-3-12)14-5-6-15-16(19)8-9-22-17(15)10-14/h4-7,10-12,16H,2-3,8-9,19H2,1H3. The van der Waals surface area contributed by atoms with Crippen molar-refractivity contribution >= 4 is 11.5 Å². The fourth-order valence-electron chi connectivity index (χ4n) is 3.00. The Hall–Kier alpha value is -2.07. The summed E-state index contributed by atoms with van der Waals surface area (Å²) in [7, 11) is 2.03. The Morgan fingerprint density at radius 3 is 2.77 bits per heavy atom. The van der Waals surface area contributed by atoms with Crippen LogP contribution in [-0.2, 0) is 0 Å². The third-order valence-corrected chi connectivity index (χ3v) is 4.63. The van der Waals surface area contributed by atoms with Crippen LogP contribution in [0.3, 0.4) is 0 Å². The van der Waals surface area contributed by atoms with E-state index in [-0.39, 0.29) is 6.04 Å². The van der Waals surface area contributed by atoms with E-state index in [1.807, 2.05) is 13.2 Å². The molecular weight excluding hydrogens is 274 g/mol. The number of rotatable bonds is 3. The lowest BCUT2D eigenvalue weighted by molar-refractivity contribution is 0.269. The highest BCUT2D eigenvalue weighted by atomic mass is 16.5. The molecule has 1 unspecified atom stereocenters. The van der Waals surface area contributed by atoms with Crippen LogP contribution >= 0.6 is 0 Å². The molecule has 0 spiro atoms. The van der Waals surface area contributed by atoms with Gasteiger partial charge in [-0.1, -0.05) is 12.1 Å². The van der Waals surface area contributed by atoms with Crippen molar-refractivity contribution in [2.24, 2.45) is 5.73 Å². The molecule has 4 rings (SSSR count). The minimum atomic E-state index is 0.0825. The largest absolute Gasteiger partial charge is 0.493 e. The van der Waals surface area contributed by atoms with Gasteiger partial charge in [0.05, 0.1) is 6.61 Å². The van der Waals surface area contributed by atoms with Gasteiger partial charge < -0.3 is 15.4 Å². The van der Waals surface area contributed by atoms with Gasteiger partial charge in [0, 0.05) is 43.0 Å². The zero-order valence-electron chi connectivity index (χ0n) is 12.8. The van der Waals surface area contributed by atoms with E-state index in [1.165, 1.54) is 18.4 Å². The van der Waals surface area contributed by atoms with Crippen molar-refractivity contribution in [1.29, 1.82) is 0 Å². The summed E-state index contributed by atoms with van der Waals surface area (Å²) in [5.74, 6) is 2.59. The Kier molecular flexibility index (Phi) is 3.26. The molecule has 0 bridgehead atoms. The lowest BCUT2D eigenvalue weighted by Crippen LogP contribution is -2.21. The van der Waals surface area contributed by atoms with Crippen LogP contribution in [0.4, 0.5) is 11.5 Å². The second kappa shape index (κ2) is 5.29. The number of fused-ring (bicyclic) bond motifs is 1. The molecule has 2 heterocycles. The molecule has 0 amide bonds. The van der Waals surface area contributed by atoms with E-state index < -0.39 is 0 Å². The summed E-state index contributed by atoms with van der Waals surface area (Å²) in [5, 5.41) is 0. The lowest BCUT2D eigenvalue weighted by Gasteiger charge is -2.25. The predicted octanol–water partition coefficient (Wildman–Crippen LogP) is 3.51. The predicted molar refractivity (Wildman–Crippen MR) is 87.8 cm³/mol. The molecule has 0 saturated heterocycles. The van der Waals surface area contributed by atoms with Gasteiger partial charge >= 0.3 is 0 Å². The molecule has 1 aromatic carbocycles. The van der Waals surface area contributed by atoms with Crippen molar-refractivity contribution < 1.29 is 4.74 Å². The molecule has 114 valence electrons. The number of ether oxygens (including phenoxy) is 1. The van der Waals surface area contributed by atoms with Crippen molar-refractivity contribution in [1.82, 2.24) is 4.98 Å². The van der Waals surface area contributed by atoms with Crippen molar-refractivity contribution in [3.05, 3.63) is 47.7 Å². The molecular formula is C18H21N3O. The Morgan fingerprint density at radius 1 is 1.18 bits per heavy atom. The average Bonchev–Trinajstić information content (AvgIpc) is 3.39. The minimum Gasteiger partial charge on any atom is -0.493 e. The topological polar surface area (TPSA) is 51.4 Å². The smallest absolute Gasteiger partial charge is 0.132 e. The van der Waals surface area contributed by atoms with Crippen LogP contribution in [-0.4, -0.2) is 18.6 Å². The highest BCUT2D eigenvalue weighted by Crippen LogP contribution is 2.40. The molecule has 4 nitrogen and oxygen atoms in total. The summed E-state index contributed by atoms with van der Waals surface area (Å²) in [6.45, 7) is 0.690. The van der Waals surface area contributed by atoms with Crippen LogP contribution < -0.4 is 15.4 Å². The van der Waals surface area contributed by atoms with Crippen molar-refractivity contribution in [3.63, 3.8) is 0 Å². The summed E-state index contributed by atoms with van der Waals surface area (Å²) < 4.78 is 5.75. The second-order valence-corrected chi connectivity index (χ2v) is 6.25. The van der Waals surface area contributed by atoms with Crippen LogP contribution in [0.1, 0.15) is 42.3 Å². The number of nitrogens with zero attached hydrogens (tertiary/aromatic N) is 2. The van der Waals surface area contributed by atoms with Crippen LogP contribution in [0.5, 0.6) is 5.75 Å². The van der Waals surface area contributed by atoms with Gasteiger partial charge in [-0.3, -0.25) is 0 Å². The van der Waals surface area contributed by atoms with Crippen LogP contribution in [0.15, 0.2) is 36.5 Å². The summed E-state index contributed by atoms with van der Waals surface area (Å²) in [6.07, 6.45) is 5.50. The monoisotopic (exact) mass is 295 g/mol. The van der Waals surface area contributed by atoms with Crippen molar-refractivity contribution in [2.75, 3.05) is 18.6 Å². The first-order valence-corrected chi connectivity index (χ1v) is 7.94. The molecule has 4 heteroatoms. The van der Waals surface area contributed by atoms with E-state index in [1.54, 1.807) is 0 Å². The number of anilines is 2. The summed E-state index contributed by atoms with van der Waals surface area (Å²) in [5.41, 5.74) is 9.65. The Balaban J connectivity index is 1.60. The molecule has 1 aliphatic heterocycles. The first-order chi connectivity index (χ1) is 10.7. The SMILES string of the molecule is CN(c1ccc2c(c1)OCCC2N)c1ccc(C2CC2)cn1. The lowest BCUT2D eigenvalue weighted by atomic mass is 10.0. The number of pyridine rings is 1. The fraction of sp³-hybridized carbons (Fsp3) is 0.389. The molecule has 2 aliphatic rings. The van der Waals surface area contributed by atoms with Crippen LogP contribution in [0.25, 0.3) is 0 Å². The van der Waals surface area contributed by atoms with Crippen molar-refractivity contribution in [2.45, 2.75) is 31.2 Å². The number of benzene rings is 1. The zero-order valence-corrected chi connectivity index (χ0v) is 12.8. The van der Waals surface area contributed by atoms with E-state index in [4.69, 9.17) is 10.5 Å². The maximum atomic E-state index is 6.13. The average molecular weight is 295 g/mol. The minimum absolute atomic E-state index is 0.0825. The number of nitrogens with two attached hydrogens (primary N) is 1. The molecule has 2 N–H and O–H groups in total. The highest BCUT2D eigenvalue weighted by Gasteiger charge is 2.24. The summed E-state index contributed by atoms with van der Waals surface area (Å²) in [6, 6.07) is 10.6. The Bertz CT molecular complexity index is 679. The molecule has 22 heavy (non-hydrogen) atoms. The maximum Gasteiger partial charge on any atom is 0.132 e. The van der Waals surface area contributed by atoms with E-state index in [9.17, 15) is 0 Å². The van der Waals surface area contributed by atoms with Gasteiger partial charge in [-0.2, -0.15) is 0 Å². The first kappa shape index (κ1) is 13.6. The normalized spacial score (nSPS) is 20.2. The third-order valence-electron chi connectivity index (χ3n) is 4.63. The third kappa shape index (κ3) is 2.44. The van der Waals surface area contributed by atoms with E-state index in [0.29, 0.717) is 6.61 Å². The first-order valence-electron chi connectivity index (χ1n) is 7.94. The van der Waals surface area contributed by atoms with Gasteiger partial charge in [0.25, 0.3) is 0 Å². The molecule has 2 aromatic rings. The number of hydrogen-bond acceptors (Lipinski definition) is 4. The molecule has 0 radical (unpaired) electrons. The molecule has 1 fully saturated rings.